The van der Waals surface area contributed by atoms with Crippen LogP contribution >= 0.6 is 0 Å². The topological polar surface area (TPSA) is 97.0 Å². The number of nitrogens with one attached hydrogen (secondary N) is 2. The van der Waals surface area contributed by atoms with Gasteiger partial charge in [0.25, 0.3) is 5.56 Å². The summed E-state index contributed by atoms with van der Waals surface area (Å²) in [6.45, 7) is 5.10. The second-order valence-electron chi connectivity index (χ2n) is 4.30. The van der Waals surface area contributed by atoms with Crippen molar-refractivity contribution in [3.63, 3.8) is 0 Å². The Hall–Kier alpha value is -2.44. The lowest BCUT2D eigenvalue weighted by Crippen LogP contribution is -2.19. The number of H-pyrrole nitrogens is 1. The second kappa shape index (κ2) is 5.05. The smallest absolute Gasteiger partial charge is 0.413 e. The van der Waals surface area contributed by atoms with Crippen LogP contribution in [0.1, 0.15) is 19.5 Å². The van der Waals surface area contributed by atoms with Crippen LogP contribution in [0.5, 0.6) is 0 Å². The van der Waals surface area contributed by atoms with E-state index < -0.39 is 6.09 Å². The molecule has 0 unspecified atom stereocenters. The highest BCUT2D eigenvalue weighted by molar-refractivity contribution is 5.85. The van der Waals surface area contributed by atoms with E-state index in [4.69, 9.17) is 4.74 Å². The molecule has 2 heterocycles. The minimum atomic E-state index is -0.581. The highest BCUT2D eigenvalue weighted by Crippen LogP contribution is 2.10. The van der Waals surface area contributed by atoms with Gasteiger partial charge in [-0.15, -0.1) is 0 Å². The van der Waals surface area contributed by atoms with Crippen molar-refractivity contribution < 1.29 is 9.53 Å². The number of hydrogen-bond donors (Lipinski definition) is 2. The molecule has 7 nitrogen and oxygen atoms in total. The standard InChI is InChI=1S/C12H14N4O3/c1-6(2)19-12(18)16-9-5-4-8-10(15-9)13-7(3)11(17)14-8/h4-6H,1-3H3,(H,14,17)(H,13,15,16,18). The van der Waals surface area contributed by atoms with Crippen LogP contribution < -0.4 is 10.9 Å². The number of fused-ring (bicyclic) bond motifs is 1. The first-order valence-corrected chi connectivity index (χ1v) is 5.81. The Morgan fingerprint density at radius 1 is 1.37 bits per heavy atom. The van der Waals surface area contributed by atoms with E-state index in [1.807, 2.05) is 0 Å². The Bertz CT molecular complexity index is 678. The monoisotopic (exact) mass is 262 g/mol. The van der Waals surface area contributed by atoms with Crippen LogP contribution in [-0.4, -0.2) is 27.1 Å². The Labute approximate surface area is 109 Å². The number of pyridine rings is 1. The number of aromatic amines is 1. The number of amides is 1. The summed E-state index contributed by atoms with van der Waals surface area (Å²) < 4.78 is 4.94. The normalized spacial score (nSPS) is 10.7. The Morgan fingerprint density at radius 3 is 2.79 bits per heavy atom. The molecule has 1 amide bonds. The fourth-order valence-corrected chi connectivity index (χ4v) is 1.47. The minimum Gasteiger partial charge on any atom is -0.447 e. The third kappa shape index (κ3) is 3.06. The number of carbonyl (C=O) groups is 1. The molecule has 0 aromatic carbocycles. The number of rotatable bonds is 2. The molecule has 0 aliphatic heterocycles. The fourth-order valence-electron chi connectivity index (χ4n) is 1.47. The molecule has 0 aliphatic carbocycles. The van der Waals surface area contributed by atoms with E-state index in [9.17, 15) is 9.59 Å². The van der Waals surface area contributed by atoms with Gasteiger partial charge in [-0.3, -0.25) is 10.1 Å². The summed E-state index contributed by atoms with van der Waals surface area (Å²) in [6.07, 6.45) is -0.792. The van der Waals surface area contributed by atoms with Gasteiger partial charge in [-0.25, -0.2) is 14.8 Å². The van der Waals surface area contributed by atoms with E-state index >= 15 is 0 Å². The lowest BCUT2D eigenvalue weighted by Gasteiger charge is -2.09. The van der Waals surface area contributed by atoms with Gasteiger partial charge < -0.3 is 9.72 Å². The molecule has 100 valence electrons. The molecular formula is C12H14N4O3. The molecule has 0 aliphatic rings. The largest absolute Gasteiger partial charge is 0.447 e. The van der Waals surface area contributed by atoms with Crippen LogP contribution in [0.4, 0.5) is 10.6 Å². The first kappa shape index (κ1) is 13.0. The maximum Gasteiger partial charge on any atom is 0.413 e. The van der Waals surface area contributed by atoms with Crippen molar-refractivity contribution in [3.05, 3.63) is 28.2 Å². The Morgan fingerprint density at radius 2 is 2.11 bits per heavy atom. The van der Waals surface area contributed by atoms with Crippen molar-refractivity contribution >= 4 is 23.1 Å². The Kier molecular flexibility index (Phi) is 3.46. The number of anilines is 1. The summed E-state index contributed by atoms with van der Waals surface area (Å²) in [5, 5.41) is 2.50. The lowest BCUT2D eigenvalue weighted by molar-refractivity contribution is 0.130. The van der Waals surface area contributed by atoms with Gasteiger partial charge in [-0.1, -0.05) is 0 Å². The molecule has 0 fully saturated rings. The zero-order valence-electron chi connectivity index (χ0n) is 10.9. The number of ether oxygens (including phenoxy) is 1. The minimum absolute atomic E-state index is 0.211. The molecule has 0 atom stereocenters. The average Bonchev–Trinajstić information content (AvgIpc) is 2.30. The molecule has 19 heavy (non-hydrogen) atoms. The SMILES string of the molecule is Cc1nc2nc(NC(=O)OC(C)C)ccc2[nH]c1=O. The number of carbonyl (C=O) groups excluding carboxylic acids is 1. The number of nitrogens with zero attached hydrogens (tertiary/aromatic N) is 2. The predicted octanol–water partition coefficient (Wildman–Crippen LogP) is 1.58. The summed E-state index contributed by atoms with van der Waals surface area (Å²) >= 11 is 0. The van der Waals surface area contributed by atoms with Crippen LogP contribution in [-0.2, 0) is 4.74 Å². The third-order valence-electron chi connectivity index (χ3n) is 2.30. The van der Waals surface area contributed by atoms with Gasteiger partial charge in [0.15, 0.2) is 5.65 Å². The van der Waals surface area contributed by atoms with Gasteiger partial charge in [0.05, 0.1) is 11.6 Å². The van der Waals surface area contributed by atoms with Crippen molar-refractivity contribution in [1.29, 1.82) is 0 Å². The summed E-state index contributed by atoms with van der Waals surface area (Å²) in [5.74, 6) is 0.317. The van der Waals surface area contributed by atoms with Crippen molar-refractivity contribution in [1.82, 2.24) is 15.0 Å². The Balaban J connectivity index is 2.29. The molecule has 2 N–H and O–H groups in total. The molecule has 7 heteroatoms. The van der Waals surface area contributed by atoms with Crippen molar-refractivity contribution in [2.45, 2.75) is 26.9 Å². The van der Waals surface area contributed by atoms with Crippen LogP contribution in [0.3, 0.4) is 0 Å². The molecular weight excluding hydrogens is 248 g/mol. The maximum atomic E-state index is 11.4. The lowest BCUT2D eigenvalue weighted by atomic mass is 10.4. The van der Waals surface area contributed by atoms with Gasteiger partial charge in [0, 0.05) is 0 Å². The average molecular weight is 262 g/mol. The van der Waals surface area contributed by atoms with E-state index in [-0.39, 0.29) is 11.7 Å². The van der Waals surface area contributed by atoms with Crippen LogP contribution in [0, 0.1) is 6.92 Å². The maximum absolute atomic E-state index is 11.4. The van der Waals surface area contributed by atoms with Gasteiger partial charge >= 0.3 is 6.09 Å². The molecule has 0 bridgehead atoms. The van der Waals surface area contributed by atoms with Gasteiger partial charge in [0.2, 0.25) is 0 Å². The third-order valence-corrected chi connectivity index (χ3v) is 2.30. The number of aromatic nitrogens is 3. The van der Waals surface area contributed by atoms with Crippen LogP contribution in [0.2, 0.25) is 0 Å². The highest BCUT2D eigenvalue weighted by Gasteiger charge is 2.08. The molecule has 0 saturated heterocycles. The summed E-state index contributed by atoms with van der Waals surface area (Å²) in [4.78, 5) is 33.6. The van der Waals surface area contributed by atoms with E-state index in [0.29, 0.717) is 22.7 Å². The highest BCUT2D eigenvalue weighted by atomic mass is 16.6. The molecule has 0 spiro atoms. The zero-order chi connectivity index (χ0) is 14.0. The van der Waals surface area contributed by atoms with Crippen LogP contribution in [0.25, 0.3) is 11.2 Å². The second-order valence-corrected chi connectivity index (χ2v) is 4.30. The number of hydrogen-bond acceptors (Lipinski definition) is 5. The first-order valence-electron chi connectivity index (χ1n) is 5.81. The predicted molar refractivity (Wildman–Crippen MR) is 70.1 cm³/mol. The molecule has 2 rings (SSSR count). The van der Waals surface area contributed by atoms with Gasteiger partial charge in [-0.05, 0) is 32.9 Å². The van der Waals surface area contributed by atoms with Gasteiger partial charge in [0.1, 0.15) is 11.5 Å². The van der Waals surface area contributed by atoms with Crippen LogP contribution in [0.15, 0.2) is 16.9 Å². The molecule has 0 radical (unpaired) electrons. The van der Waals surface area contributed by atoms with Crippen molar-refractivity contribution in [2.75, 3.05) is 5.32 Å². The summed E-state index contributed by atoms with van der Waals surface area (Å²) in [5.41, 5.74) is 0.939. The van der Waals surface area contributed by atoms with E-state index in [1.165, 1.54) is 0 Å². The van der Waals surface area contributed by atoms with Gasteiger partial charge in [-0.2, -0.15) is 0 Å². The first-order chi connectivity index (χ1) is 8.95. The summed E-state index contributed by atoms with van der Waals surface area (Å²) in [7, 11) is 0. The summed E-state index contributed by atoms with van der Waals surface area (Å²) in [6, 6.07) is 3.19. The number of aryl methyl sites for hydroxylation is 1. The molecule has 2 aromatic rings. The van der Waals surface area contributed by atoms with Crippen molar-refractivity contribution in [3.8, 4) is 0 Å². The quantitative estimate of drug-likeness (QED) is 0.856. The molecule has 0 saturated carbocycles. The zero-order valence-corrected chi connectivity index (χ0v) is 10.9. The fraction of sp³-hybridized carbons (Fsp3) is 0.333. The molecule has 2 aromatic heterocycles. The van der Waals surface area contributed by atoms with E-state index in [0.717, 1.165) is 0 Å². The van der Waals surface area contributed by atoms with E-state index in [2.05, 4.69) is 20.3 Å². The van der Waals surface area contributed by atoms with Crippen molar-refractivity contribution in [2.24, 2.45) is 0 Å². The van der Waals surface area contributed by atoms with E-state index in [1.54, 1.807) is 32.9 Å².